The molecule has 1 aromatic carbocycles. The van der Waals surface area contributed by atoms with Crippen molar-refractivity contribution in [2.45, 2.75) is 33.2 Å². The highest BCUT2D eigenvalue weighted by molar-refractivity contribution is 8.16. The van der Waals surface area contributed by atoms with Gasteiger partial charge in [0.1, 0.15) is 0 Å². The number of thioether (sulfide) groups is 1. The number of carbonyl (C=O) groups is 2. The molecule has 0 bridgehead atoms. The molecule has 1 aliphatic rings. The fourth-order valence-electron chi connectivity index (χ4n) is 2.95. The molecule has 0 unspecified atom stereocenters. The maximum atomic E-state index is 12.4. The molecule has 0 spiro atoms. The van der Waals surface area contributed by atoms with E-state index in [2.05, 4.69) is 50.9 Å². The molecule has 0 radical (unpaired) electrons. The molecule has 5 heteroatoms. The molecule has 2 rings (SSSR count). The molecule has 25 heavy (non-hydrogen) atoms. The van der Waals surface area contributed by atoms with E-state index in [1.807, 2.05) is 13.0 Å². The van der Waals surface area contributed by atoms with Gasteiger partial charge < -0.3 is 9.80 Å². The second-order valence-corrected chi connectivity index (χ2v) is 7.73. The normalized spacial score (nSPS) is 16.2. The molecule has 0 saturated carbocycles. The van der Waals surface area contributed by atoms with Crippen LogP contribution in [0.4, 0.5) is 5.69 Å². The Morgan fingerprint density at radius 3 is 2.64 bits per heavy atom. The van der Waals surface area contributed by atoms with Gasteiger partial charge in [0, 0.05) is 31.9 Å². The maximum Gasteiger partial charge on any atom is 0.260 e. The third-order valence-corrected chi connectivity index (χ3v) is 5.39. The Morgan fingerprint density at radius 1 is 1.36 bits per heavy atom. The highest BCUT2D eigenvalue weighted by atomic mass is 32.2. The van der Waals surface area contributed by atoms with Crippen LogP contribution in [0, 0.1) is 0 Å². The quantitative estimate of drug-likeness (QED) is 0.588. The van der Waals surface area contributed by atoms with Gasteiger partial charge in [-0.1, -0.05) is 12.1 Å². The van der Waals surface area contributed by atoms with Crippen LogP contribution in [0.3, 0.4) is 0 Å². The van der Waals surface area contributed by atoms with Crippen LogP contribution >= 0.6 is 11.8 Å². The summed E-state index contributed by atoms with van der Waals surface area (Å²) in [7, 11) is 3.82. The molecule has 4 nitrogen and oxygen atoms in total. The van der Waals surface area contributed by atoms with Crippen molar-refractivity contribution in [1.82, 2.24) is 4.90 Å². The monoisotopic (exact) mass is 358 g/mol. The summed E-state index contributed by atoms with van der Waals surface area (Å²) in [5, 5.41) is 0. The van der Waals surface area contributed by atoms with E-state index in [1.165, 1.54) is 11.3 Å². The molecule has 0 fully saturated rings. The fraction of sp³-hybridized carbons (Fsp3) is 0.400. The van der Waals surface area contributed by atoms with Gasteiger partial charge in [-0.05, 0) is 68.8 Å². The standard InChI is InChI=1S/C20H26N2O2S/c1-7-21(5)19(24)18(25-13-23)11-15-8-9-17-16(10-15)14(2)12-20(3,4)22(17)6/h8-13H,7H2,1-6H3/b18-11-. The van der Waals surface area contributed by atoms with Crippen molar-refractivity contribution in [3.05, 3.63) is 40.3 Å². The molecule has 134 valence electrons. The van der Waals surface area contributed by atoms with Crippen LogP contribution < -0.4 is 4.90 Å². The summed E-state index contributed by atoms with van der Waals surface area (Å²) < 4.78 is 0. The number of hydrogen-bond acceptors (Lipinski definition) is 4. The van der Waals surface area contributed by atoms with E-state index in [-0.39, 0.29) is 11.4 Å². The Balaban J connectivity index is 2.46. The van der Waals surface area contributed by atoms with Gasteiger partial charge in [0.15, 0.2) is 5.62 Å². The van der Waals surface area contributed by atoms with Crippen molar-refractivity contribution in [2.75, 3.05) is 25.5 Å². The number of benzene rings is 1. The second kappa shape index (κ2) is 7.48. The molecule has 1 aromatic rings. The van der Waals surface area contributed by atoms with Crippen molar-refractivity contribution in [2.24, 2.45) is 0 Å². The Bertz CT molecular complexity index is 750. The lowest BCUT2D eigenvalue weighted by atomic mass is 9.88. The second-order valence-electron chi connectivity index (χ2n) is 6.86. The smallest absolute Gasteiger partial charge is 0.260 e. The van der Waals surface area contributed by atoms with E-state index in [0.29, 0.717) is 17.1 Å². The van der Waals surface area contributed by atoms with Crippen molar-refractivity contribution in [3.8, 4) is 0 Å². The first kappa shape index (κ1) is 19.3. The summed E-state index contributed by atoms with van der Waals surface area (Å²) in [6, 6.07) is 6.16. The summed E-state index contributed by atoms with van der Waals surface area (Å²) in [6.07, 6.45) is 4.04. The minimum Gasteiger partial charge on any atom is -0.366 e. The Kier molecular flexibility index (Phi) is 5.78. The third kappa shape index (κ3) is 3.98. The van der Waals surface area contributed by atoms with Gasteiger partial charge in [-0.15, -0.1) is 0 Å². The molecule has 0 saturated heterocycles. The number of rotatable bonds is 5. The summed E-state index contributed by atoms with van der Waals surface area (Å²) in [4.78, 5) is 27.7. The van der Waals surface area contributed by atoms with Crippen LogP contribution in [0.5, 0.6) is 0 Å². The molecule has 1 amide bonds. The largest absolute Gasteiger partial charge is 0.366 e. The molecule has 0 aromatic heterocycles. The van der Waals surface area contributed by atoms with Crippen LogP contribution in [-0.4, -0.2) is 42.6 Å². The maximum absolute atomic E-state index is 12.4. The number of likely N-dealkylation sites (N-methyl/N-ethyl adjacent to an activating group) is 2. The molecular weight excluding hydrogens is 332 g/mol. The van der Waals surface area contributed by atoms with Gasteiger partial charge in [0.25, 0.3) is 5.91 Å². The zero-order valence-electron chi connectivity index (χ0n) is 15.8. The van der Waals surface area contributed by atoms with E-state index < -0.39 is 0 Å². The lowest BCUT2D eigenvalue weighted by molar-refractivity contribution is -0.124. The van der Waals surface area contributed by atoms with Gasteiger partial charge >= 0.3 is 0 Å². The number of carbonyl (C=O) groups excluding carboxylic acids is 2. The number of hydrogen-bond donors (Lipinski definition) is 0. The highest BCUT2D eigenvalue weighted by Gasteiger charge is 2.28. The van der Waals surface area contributed by atoms with Gasteiger partial charge in [0.05, 0.1) is 10.4 Å². The molecule has 1 aliphatic heterocycles. The Hall–Kier alpha value is -2.01. The topological polar surface area (TPSA) is 40.6 Å². The van der Waals surface area contributed by atoms with Gasteiger partial charge in [-0.25, -0.2) is 0 Å². The first-order valence-corrected chi connectivity index (χ1v) is 9.24. The predicted octanol–water partition coefficient (Wildman–Crippen LogP) is 4.06. The number of amides is 1. The molecular formula is C20H26N2O2S. The highest BCUT2D eigenvalue weighted by Crippen LogP contribution is 2.38. The summed E-state index contributed by atoms with van der Waals surface area (Å²) in [5.41, 5.74) is 5.13. The zero-order chi connectivity index (χ0) is 18.8. The third-order valence-electron chi connectivity index (χ3n) is 4.75. The van der Waals surface area contributed by atoms with Gasteiger partial charge in [0.2, 0.25) is 0 Å². The average molecular weight is 359 g/mol. The summed E-state index contributed by atoms with van der Waals surface area (Å²) in [5.74, 6) is -0.136. The van der Waals surface area contributed by atoms with Crippen LogP contribution in [0.15, 0.2) is 29.2 Å². The van der Waals surface area contributed by atoms with E-state index in [9.17, 15) is 9.59 Å². The van der Waals surface area contributed by atoms with Crippen molar-refractivity contribution in [3.63, 3.8) is 0 Å². The van der Waals surface area contributed by atoms with Crippen LogP contribution in [-0.2, 0) is 9.59 Å². The summed E-state index contributed by atoms with van der Waals surface area (Å²) in [6.45, 7) is 8.99. The Morgan fingerprint density at radius 2 is 2.04 bits per heavy atom. The zero-order valence-corrected chi connectivity index (χ0v) is 16.6. The fourth-order valence-corrected chi connectivity index (χ4v) is 3.51. The minimum absolute atomic E-state index is 0.0349. The van der Waals surface area contributed by atoms with Gasteiger partial charge in [-0.3, -0.25) is 9.59 Å². The predicted molar refractivity (Wildman–Crippen MR) is 108 cm³/mol. The van der Waals surface area contributed by atoms with Crippen molar-refractivity contribution < 1.29 is 9.59 Å². The lowest BCUT2D eigenvalue weighted by Crippen LogP contribution is -2.42. The minimum atomic E-state index is -0.136. The van der Waals surface area contributed by atoms with Crippen LogP contribution in [0.25, 0.3) is 11.6 Å². The number of allylic oxidation sites excluding steroid dienone is 1. The molecule has 1 heterocycles. The Labute approximate surface area is 154 Å². The molecule has 0 atom stereocenters. The number of anilines is 1. The van der Waals surface area contributed by atoms with Crippen molar-refractivity contribution >= 4 is 40.6 Å². The molecule has 0 aliphatic carbocycles. The van der Waals surface area contributed by atoms with Crippen LogP contribution in [0.2, 0.25) is 0 Å². The van der Waals surface area contributed by atoms with E-state index >= 15 is 0 Å². The van der Waals surface area contributed by atoms with E-state index in [4.69, 9.17) is 0 Å². The number of nitrogens with zero attached hydrogens (tertiary/aromatic N) is 2. The number of fused-ring (bicyclic) bond motifs is 1. The van der Waals surface area contributed by atoms with Crippen molar-refractivity contribution in [1.29, 1.82) is 0 Å². The molecule has 0 N–H and O–H groups in total. The first-order valence-electron chi connectivity index (χ1n) is 8.36. The first-order chi connectivity index (χ1) is 11.7. The average Bonchev–Trinajstić information content (AvgIpc) is 2.57. The van der Waals surface area contributed by atoms with E-state index in [0.717, 1.165) is 22.9 Å². The SMILES string of the molecule is CCN(C)C(=O)/C(=C/c1ccc2c(c1)C(C)=CC(C)(C)N2C)SC=O. The van der Waals surface area contributed by atoms with Gasteiger partial charge in [-0.2, -0.15) is 0 Å². The van der Waals surface area contributed by atoms with Crippen LogP contribution in [0.1, 0.15) is 38.8 Å². The summed E-state index contributed by atoms with van der Waals surface area (Å²) >= 11 is 0.926. The lowest BCUT2D eigenvalue weighted by Gasteiger charge is -2.40. The van der Waals surface area contributed by atoms with E-state index in [1.54, 1.807) is 18.0 Å².